The first-order valence-corrected chi connectivity index (χ1v) is 9.96. The van der Waals surface area contributed by atoms with Gasteiger partial charge in [0.2, 0.25) is 10.0 Å². The van der Waals surface area contributed by atoms with Crippen LogP contribution in [0, 0.1) is 6.92 Å². The van der Waals surface area contributed by atoms with Crippen molar-refractivity contribution in [1.82, 2.24) is 14.7 Å². The molecule has 0 aliphatic carbocycles. The summed E-state index contributed by atoms with van der Waals surface area (Å²) in [5.41, 5.74) is 0.648. The van der Waals surface area contributed by atoms with E-state index in [1.165, 1.54) is 0 Å². The van der Waals surface area contributed by atoms with Crippen LogP contribution in [0.1, 0.15) is 18.3 Å². The Kier molecular flexibility index (Phi) is 6.98. The van der Waals surface area contributed by atoms with E-state index in [0.717, 1.165) is 12.4 Å². The summed E-state index contributed by atoms with van der Waals surface area (Å²) in [7, 11) is -3.42. The second-order valence-electron chi connectivity index (χ2n) is 5.43. The molecule has 0 spiro atoms. The molecular formula is C16H22ClN5O2S. The molecule has 0 saturated carbocycles. The molecule has 0 radical (unpaired) electrons. The molecule has 0 fully saturated rings. The average Bonchev–Trinajstić information content (AvgIpc) is 2.51. The Morgan fingerprint density at radius 2 is 1.80 bits per heavy atom. The Morgan fingerprint density at radius 3 is 2.48 bits per heavy atom. The van der Waals surface area contributed by atoms with Crippen molar-refractivity contribution >= 4 is 33.3 Å². The van der Waals surface area contributed by atoms with E-state index in [4.69, 9.17) is 11.6 Å². The first-order chi connectivity index (χ1) is 11.9. The minimum atomic E-state index is -3.42. The molecule has 136 valence electrons. The maximum absolute atomic E-state index is 12.1. The third-order valence-corrected chi connectivity index (χ3v) is 4.79. The van der Waals surface area contributed by atoms with Gasteiger partial charge in [0.15, 0.2) is 0 Å². The first kappa shape index (κ1) is 19.4. The van der Waals surface area contributed by atoms with Crippen LogP contribution in [0.3, 0.4) is 0 Å². The van der Waals surface area contributed by atoms with Gasteiger partial charge in [-0.1, -0.05) is 23.7 Å². The van der Waals surface area contributed by atoms with Crippen molar-refractivity contribution in [3.63, 3.8) is 0 Å². The maximum Gasteiger partial charge on any atom is 0.215 e. The molecule has 0 aliphatic rings. The van der Waals surface area contributed by atoms with E-state index < -0.39 is 10.0 Å². The Labute approximate surface area is 153 Å². The molecule has 25 heavy (non-hydrogen) atoms. The normalized spacial score (nSPS) is 11.3. The molecule has 1 aromatic heterocycles. The number of benzene rings is 1. The maximum atomic E-state index is 12.1. The monoisotopic (exact) mass is 383 g/mol. The van der Waals surface area contributed by atoms with Crippen molar-refractivity contribution in [2.75, 3.05) is 30.3 Å². The summed E-state index contributed by atoms with van der Waals surface area (Å²) in [5, 5.41) is 6.73. The van der Waals surface area contributed by atoms with E-state index in [2.05, 4.69) is 25.3 Å². The number of hydrogen-bond acceptors (Lipinski definition) is 6. The molecule has 0 unspecified atom stereocenters. The third-order valence-electron chi connectivity index (χ3n) is 3.19. The van der Waals surface area contributed by atoms with Crippen LogP contribution in [0.4, 0.5) is 11.6 Å². The van der Waals surface area contributed by atoms with Gasteiger partial charge in [-0.15, -0.1) is 0 Å². The summed E-state index contributed by atoms with van der Waals surface area (Å²) in [5.74, 6) is 1.92. The van der Waals surface area contributed by atoms with Gasteiger partial charge in [0, 0.05) is 30.7 Å². The quantitative estimate of drug-likeness (QED) is 0.575. The van der Waals surface area contributed by atoms with Crippen LogP contribution in [0.5, 0.6) is 0 Å². The van der Waals surface area contributed by atoms with Gasteiger partial charge in [0.05, 0.1) is 5.75 Å². The molecule has 7 nitrogen and oxygen atoms in total. The molecule has 0 saturated heterocycles. The smallest absolute Gasteiger partial charge is 0.215 e. The highest BCUT2D eigenvalue weighted by Crippen LogP contribution is 2.13. The van der Waals surface area contributed by atoms with Crippen LogP contribution >= 0.6 is 11.6 Å². The van der Waals surface area contributed by atoms with Crippen LogP contribution in [0.25, 0.3) is 0 Å². The Bertz CT molecular complexity index is 814. The lowest BCUT2D eigenvalue weighted by Gasteiger charge is -2.10. The number of sulfonamides is 1. The van der Waals surface area contributed by atoms with E-state index in [9.17, 15) is 8.42 Å². The molecule has 2 aromatic rings. The predicted octanol–water partition coefficient (Wildman–Crippen LogP) is 2.40. The zero-order valence-corrected chi connectivity index (χ0v) is 15.8. The van der Waals surface area contributed by atoms with Gasteiger partial charge in [-0.25, -0.2) is 23.1 Å². The molecule has 0 bridgehead atoms. The summed E-state index contributed by atoms with van der Waals surface area (Å²) in [4.78, 5) is 8.53. The molecule has 9 heteroatoms. The molecular weight excluding hydrogens is 362 g/mol. The standard InChI is InChI=1S/C16H22ClN5O2S/c1-3-18-15-10-16(22-12(2)21-15)19-7-8-20-25(23,24)11-13-5-4-6-14(17)9-13/h4-6,9-10,20H,3,7-8,11H2,1-2H3,(H2,18,19,21,22). The van der Waals surface area contributed by atoms with E-state index in [0.29, 0.717) is 28.8 Å². The van der Waals surface area contributed by atoms with Crippen molar-refractivity contribution in [2.24, 2.45) is 0 Å². The largest absolute Gasteiger partial charge is 0.370 e. The fourth-order valence-corrected chi connectivity index (χ4v) is 3.57. The van der Waals surface area contributed by atoms with Gasteiger partial charge in [0.25, 0.3) is 0 Å². The topological polar surface area (TPSA) is 96.0 Å². The minimum absolute atomic E-state index is 0.106. The highest BCUT2D eigenvalue weighted by Gasteiger charge is 2.11. The second-order valence-corrected chi connectivity index (χ2v) is 7.67. The van der Waals surface area contributed by atoms with Crippen molar-refractivity contribution in [1.29, 1.82) is 0 Å². The molecule has 0 aliphatic heterocycles. The SMILES string of the molecule is CCNc1cc(NCCNS(=O)(=O)Cc2cccc(Cl)c2)nc(C)n1. The van der Waals surface area contributed by atoms with Crippen LogP contribution in [0.2, 0.25) is 5.02 Å². The lowest BCUT2D eigenvalue weighted by atomic mass is 10.2. The zero-order chi connectivity index (χ0) is 18.3. The summed E-state index contributed by atoms with van der Waals surface area (Å²) in [6.45, 7) is 5.22. The van der Waals surface area contributed by atoms with E-state index >= 15 is 0 Å². The number of aryl methyl sites for hydroxylation is 1. The molecule has 2 rings (SSSR count). The van der Waals surface area contributed by atoms with E-state index in [1.54, 1.807) is 37.3 Å². The molecule has 0 amide bonds. The summed E-state index contributed by atoms with van der Waals surface area (Å²) in [6.07, 6.45) is 0. The van der Waals surface area contributed by atoms with E-state index in [1.807, 2.05) is 6.92 Å². The number of nitrogens with zero attached hydrogens (tertiary/aromatic N) is 2. The number of anilines is 2. The Hall–Kier alpha value is -1.90. The van der Waals surface area contributed by atoms with Gasteiger partial charge in [-0.05, 0) is 31.5 Å². The molecule has 1 heterocycles. The number of halogens is 1. The third kappa shape index (κ3) is 6.85. The average molecular weight is 384 g/mol. The molecule has 1 aromatic carbocycles. The van der Waals surface area contributed by atoms with E-state index in [-0.39, 0.29) is 12.3 Å². The lowest BCUT2D eigenvalue weighted by molar-refractivity contribution is 0.582. The Morgan fingerprint density at radius 1 is 1.08 bits per heavy atom. The second kappa shape index (κ2) is 8.98. The van der Waals surface area contributed by atoms with Gasteiger partial charge in [-0.3, -0.25) is 0 Å². The van der Waals surface area contributed by atoms with Crippen LogP contribution in [0.15, 0.2) is 30.3 Å². The fourth-order valence-electron chi connectivity index (χ4n) is 2.22. The van der Waals surface area contributed by atoms with Gasteiger partial charge >= 0.3 is 0 Å². The molecule has 0 atom stereocenters. The first-order valence-electron chi connectivity index (χ1n) is 7.93. The van der Waals surface area contributed by atoms with Crippen molar-refractivity contribution < 1.29 is 8.42 Å². The Balaban J connectivity index is 1.84. The highest BCUT2D eigenvalue weighted by molar-refractivity contribution is 7.88. The number of hydrogen-bond donors (Lipinski definition) is 3. The number of nitrogens with one attached hydrogen (secondary N) is 3. The molecule has 3 N–H and O–H groups in total. The fraction of sp³-hybridized carbons (Fsp3) is 0.375. The summed E-state index contributed by atoms with van der Waals surface area (Å²) in [6, 6.07) is 8.60. The number of rotatable bonds is 9. The van der Waals surface area contributed by atoms with Gasteiger partial charge in [-0.2, -0.15) is 0 Å². The predicted molar refractivity (Wildman–Crippen MR) is 102 cm³/mol. The van der Waals surface area contributed by atoms with Crippen LogP contribution in [-0.4, -0.2) is 38.0 Å². The van der Waals surface area contributed by atoms with Crippen LogP contribution in [-0.2, 0) is 15.8 Å². The minimum Gasteiger partial charge on any atom is -0.370 e. The lowest BCUT2D eigenvalue weighted by Crippen LogP contribution is -2.30. The highest BCUT2D eigenvalue weighted by atomic mass is 35.5. The van der Waals surface area contributed by atoms with Crippen LogP contribution < -0.4 is 15.4 Å². The van der Waals surface area contributed by atoms with Gasteiger partial charge < -0.3 is 10.6 Å². The van der Waals surface area contributed by atoms with Crippen molar-refractivity contribution in [2.45, 2.75) is 19.6 Å². The van der Waals surface area contributed by atoms with Gasteiger partial charge in [0.1, 0.15) is 17.5 Å². The van der Waals surface area contributed by atoms with Crippen molar-refractivity contribution in [3.8, 4) is 0 Å². The summed E-state index contributed by atoms with van der Waals surface area (Å²) >= 11 is 5.87. The zero-order valence-electron chi connectivity index (χ0n) is 14.2. The number of aromatic nitrogens is 2. The summed E-state index contributed by atoms with van der Waals surface area (Å²) < 4.78 is 26.8. The van der Waals surface area contributed by atoms with Crippen molar-refractivity contribution in [3.05, 3.63) is 46.7 Å².